The number of nitrogens with zero attached hydrogens (tertiary/aromatic N) is 1. The molecule has 0 atom stereocenters. The minimum absolute atomic E-state index is 0.560. The normalized spacial score (nSPS) is 11.4. The van der Waals surface area contributed by atoms with E-state index in [1.807, 2.05) is 6.07 Å². The Balaban J connectivity index is 2.31. The highest BCUT2D eigenvalue weighted by Gasteiger charge is 2.07. The molecule has 0 amide bonds. The lowest BCUT2D eigenvalue weighted by molar-refractivity contribution is 0.315. The van der Waals surface area contributed by atoms with Crippen molar-refractivity contribution < 1.29 is 4.74 Å². The monoisotopic (exact) mass is 242 g/mol. The number of hydrogen-bond donors (Lipinski definition) is 1. The van der Waals surface area contributed by atoms with E-state index in [4.69, 9.17) is 4.74 Å². The number of rotatable bonds is 7. The Hall–Kier alpha value is -0.580. The highest BCUT2D eigenvalue weighted by atomic mass is 32.1. The van der Waals surface area contributed by atoms with Crippen molar-refractivity contribution >= 4 is 11.3 Å². The van der Waals surface area contributed by atoms with Crippen LogP contribution in [0.15, 0.2) is 11.4 Å². The quantitative estimate of drug-likeness (QED) is 0.793. The lowest BCUT2D eigenvalue weighted by Crippen LogP contribution is -2.32. The number of hydrogen-bond acceptors (Lipinski definition) is 4. The van der Waals surface area contributed by atoms with E-state index in [0.29, 0.717) is 6.04 Å². The van der Waals surface area contributed by atoms with Crippen molar-refractivity contribution in [3.63, 3.8) is 0 Å². The second-order valence-corrected chi connectivity index (χ2v) is 5.26. The van der Waals surface area contributed by atoms with Crippen LogP contribution in [0.4, 0.5) is 0 Å². The molecule has 0 bridgehead atoms. The Morgan fingerprint density at radius 3 is 2.88 bits per heavy atom. The molecule has 0 aliphatic rings. The van der Waals surface area contributed by atoms with Crippen molar-refractivity contribution in [3.8, 4) is 5.75 Å². The van der Waals surface area contributed by atoms with Crippen LogP contribution >= 0.6 is 11.3 Å². The van der Waals surface area contributed by atoms with Gasteiger partial charge in [0.25, 0.3) is 0 Å². The summed E-state index contributed by atoms with van der Waals surface area (Å²) >= 11 is 1.76. The van der Waals surface area contributed by atoms with Crippen molar-refractivity contribution in [1.82, 2.24) is 10.2 Å². The van der Waals surface area contributed by atoms with Gasteiger partial charge in [-0.15, -0.1) is 11.3 Å². The van der Waals surface area contributed by atoms with Crippen molar-refractivity contribution in [2.75, 3.05) is 27.2 Å². The smallest absolute Gasteiger partial charge is 0.134 e. The van der Waals surface area contributed by atoms with Gasteiger partial charge in [0, 0.05) is 25.7 Å². The first-order valence-corrected chi connectivity index (χ1v) is 6.53. The maximum absolute atomic E-state index is 5.30. The second-order valence-electron chi connectivity index (χ2n) is 4.26. The van der Waals surface area contributed by atoms with E-state index in [1.165, 1.54) is 4.88 Å². The fourth-order valence-corrected chi connectivity index (χ4v) is 2.41. The van der Waals surface area contributed by atoms with Gasteiger partial charge in [0.05, 0.1) is 12.0 Å². The van der Waals surface area contributed by atoms with Crippen molar-refractivity contribution in [3.05, 3.63) is 16.3 Å². The molecule has 1 N–H and O–H groups in total. The molecule has 1 rings (SSSR count). The fraction of sp³-hybridized carbons (Fsp3) is 0.667. The summed E-state index contributed by atoms with van der Waals surface area (Å²) in [5.74, 6) is 1.01. The predicted octanol–water partition coefficient (Wildman–Crippen LogP) is 2.19. The highest BCUT2D eigenvalue weighted by Crippen LogP contribution is 2.25. The molecule has 16 heavy (non-hydrogen) atoms. The van der Waals surface area contributed by atoms with Crippen LogP contribution in [0.2, 0.25) is 0 Å². The fourth-order valence-electron chi connectivity index (χ4n) is 1.49. The first-order valence-electron chi connectivity index (χ1n) is 5.65. The van der Waals surface area contributed by atoms with Crippen LogP contribution in [0.5, 0.6) is 5.75 Å². The summed E-state index contributed by atoms with van der Waals surface area (Å²) in [5.41, 5.74) is 0. The Kier molecular flexibility index (Phi) is 5.80. The molecule has 1 aromatic rings. The summed E-state index contributed by atoms with van der Waals surface area (Å²) in [6.07, 6.45) is 0. The molecule has 0 aromatic carbocycles. The molecule has 92 valence electrons. The van der Waals surface area contributed by atoms with Gasteiger partial charge in [-0.1, -0.05) is 13.8 Å². The number of thiophene rings is 1. The van der Waals surface area contributed by atoms with Crippen molar-refractivity contribution in [2.45, 2.75) is 26.4 Å². The van der Waals surface area contributed by atoms with Gasteiger partial charge in [-0.25, -0.2) is 0 Å². The average molecular weight is 242 g/mol. The molecule has 1 heterocycles. The van der Waals surface area contributed by atoms with Gasteiger partial charge >= 0.3 is 0 Å². The SMILES string of the molecule is COc1ccsc1CN(C)CCNC(C)C. The zero-order valence-corrected chi connectivity index (χ0v) is 11.4. The largest absolute Gasteiger partial charge is 0.496 e. The second kappa shape index (κ2) is 6.89. The molecule has 0 aliphatic carbocycles. The lowest BCUT2D eigenvalue weighted by atomic mass is 10.3. The van der Waals surface area contributed by atoms with Crippen molar-refractivity contribution in [1.29, 1.82) is 0 Å². The summed E-state index contributed by atoms with van der Waals surface area (Å²) in [6, 6.07) is 2.59. The summed E-state index contributed by atoms with van der Waals surface area (Å²) < 4.78 is 5.30. The maximum atomic E-state index is 5.30. The first-order chi connectivity index (χ1) is 7.63. The van der Waals surface area contributed by atoms with Crippen LogP contribution in [0, 0.1) is 0 Å². The molecule has 0 spiro atoms. The van der Waals surface area contributed by atoms with E-state index in [2.05, 4.69) is 36.5 Å². The zero-order chi connectivity index (χ0) is 12.0. The van der Waals surface area contributed by atoms with Gasteiger partial charge in [-0.3, -0.25) is 4.90 Å². The van der Waals surface area contributed by atoms with Crippen LogP contribution in [0.1, 0.15) is 18.7 Å². The van der Waals surface area contributed by atoms with Gasteiger partial charge in [0.1, 0.15) is 5.75 Å². The summed E-state index contributed by atoms with van der Waals surface area (Å²) in [6.45, 7) is 7.38. The molecule has 0 unspecified atom stereocenters. The van der Waals surface area contributed by atoms with Gasteiger partial charge in [-0.05, 0) is 18.5 Å². The van der Waals surface area contributed by atoms with Crippen LogP contribution in [-0.4, -0.2) is 38.2 Å². The van der Waals surface area contributed by atoms with Gasteiger partial charge in [-0.2, -0.15) is 0 Å². The Morgan fingerprint density at radius 2 is 2.25 bits per heavy atom. The topological polar surface area (TPSA) is 24.5 Å². The van der Waals surface area contributed by atoms with E-state index in [9.17, 15) is 0 Å². The molecule has 0 aliphatic heterocycles. The predicted molar refractivity (Wildman–Crippen MR) is 70.3 cm³/mol. The summed E-state index contributed by atoms with van der Waals surface area (Å²) in [5, 5.41) is 5.49. The van der Waals surface area contributed by atoms with Gasteiger partial charge in [0.2, 0.25) is 0 Å². The lowest BCUT2D eigenvalue weighted by Gasteiger charge is -2.17. The molecule has 0 saturated carbocycles. The molecule has 3 nitrogen and oxygen atoms in total. The molecule has 0 radical (unpaired) electrons. The minimum Gasteiger partial charge on any atom is -0.496 e. The van der Waals surface area contributed by atoms with Crippen LogP contribution in [0.25, 0.3) is 0 Å². The zero-order valence-electron chi connectivity index (χ0n) is 10.6. The molecule has 1 aromatic heterocycles. The minimum atomic E-state index is 0.560. The van der Waals surface area contributed by atoms with E-state index in [1.54, 1.807) is 18.4 Å². The number of methoxy groups -OCH3 is 1. The van der Waals surface area contributed by atoms with E-state index >= 15 is 0 Å². The van der Waals surface area contributed by atoms with Crippen LogP contribution in [-0.2, 0) is 6.54 Å². The molecule has 0 fully saturated rings. The molecular weight excluding hydrogens is 220 g/mol. The van der Waals surface area contributed by atoms with E-state index < -0.39 is 0 Å². The third-order valence-corrected chi connectivity index (χ3v) is 3.27. The van der Waals surface area contributed by atoms with Crippen LogP contribution in [0.3, 0.4) is 0 Å². The Bertz CT molecular complexity index is 299. The van der Waals surface area contributed by atoms with E-state index in [-0.39, 0.29) is 0 Å². The first kappa shape index (κ1) is 13.5. The summed E-state index contributed by atoms with van der Waals surface area (Å²) in [7, 11) is 3.87. The standard InChI is InChI=1S/C12H22N2OS/c1-10(2)13-6-7-14(3)9-12-11(15-4)5-8-16-12/h5,8,10,13H,6-7,9H2,1-4H3. The van der Waals surface area contributed by atoms with Gasteiger partial charge < -0.3 is 10.1 Å². The molecule has 4 heteroatoms. The third kappa shape index (κ3) is 4.51. The third-order valence-electron chi connectivity index (χ3n) is 2.38. The Morgan fingerprint density at radius 1 is 1.50 bits per heavy atom. The molecular formula is C12H22N2OS. The number of nitrogens with one attached hydrogen (secondary N) is 1. The summed E-state index contributed by atoms with van der Waals surface area (Å²) in [4.78, 5) is 3.61. The number of likely N-dealkylation sites (N-methyl/N-ethyl adjacent to an activating group) is 1. The average Bonchev–Trinajstić information content (AvgIpc) is 2.64. The highest BCUT2D eigenvalue weighted by molar-refractivity contribution is 7.10. The Labute approximate surface area is 102 Å². The van der Waals surface area contributed by atoms with Crippen LogP contribution < -0.4 is 10.1 Å². The number of ether oxygens (including phenoxy) is 1. The van der Waals surface area contributed by atoms with Crippen molar-refractivity contribution in [2.24, 2.45) is 0 Å². The van der Waals surface area contributed by atoms with E-state index in [0.717, 1.165) is 25.4 Å². The molecule has 0 saturated heterocycles. The maximum Gasteiger partial charge on any atom is 0.134 e. The van der Waals surface area contributed by atoms with Gasteiger partial charge in [0.15, 0.2) is 0 Å².